The quantitative estimate of drug-likeness (QED) is 0.0601. The summed E-state index contributed by atoms with van der Waals surface area (Å²) in [6.45, 7) is 8.90. The molecule has 77 heavy (non-hydrogen) atoms. The molecule has 20 heteroatoms. The van der Waals surface area contributed by atoms with Crippen LogP contribution in [0.15, 0.2) is 138 Å². The van der Waals surface area contributed by atoms with E-state index in [0.29, 0.717) is 69.9 Å². The van der Waals surface area contributed by atoms with E-state index in [1.54, 1.807) is 78.9 Å². The van der Waals surface area contributed by atoms with Crippen LogP contribution >= 0.6 is 0 Å². The Morgan fingerprint density at radius 1 is 0.636 bits per heavy atom. The summed E-state index contributed by atoms with van der Waals surface area (Å²) in [5.74, 6) is 2.94. The van der Waals surface area contributed by atoms with Crippen LogP contribution in [0.2, 0.25) is 0 Å². The van der Waals surface area contributed by atoms with E-state index in [1.807, 2.05) is 43.3 Å². The minimum atomic E-state index is -0.672. The molecule has 0 aliphatic carbocycles. The Morgan fingerprint density at radius 2 is 1.25 bits per heavy atom. The van der Waals surface area contributed by atoms with Gasteiger partial charge in [0, 0.05) is 41.3 Å². The van der Waals surface area contributed by atoms with Gasteiger partial charge in [-0.2, -0.15) is 5.26 Å². The molecule has 0 bridgehead atoms. The van der Waals surface area contributed by atoms with Crippen molar-refractivity contribution in [3.8, 4) is 40.6 Å². The minimum Gasteiger partial charge on any atom is -0.504 e. The number of nitriles is 1. The Bertz CT molecular complexity index is 3150. The van der Waals surface area contributed by atoms with Crippen molar-refractivity contribution in [1.29, 1.82) is 5.26 Å². The number of furan rings is 1. The molecule has 6 aromatic carbocycles. The molecule has 0 saturated carbocycles. The highest BCUT2D eigenvalue weighted by Crippen LogP contribution is 2.35. The standard InChI is InChI=1S/C15H13NO5.C11H14O.C8H7NO5.C8H5NO.C8H6O3.C7H8O2/c1-20-15-8-12(9-17)4-7-14(15)21-10-11-2-5-13(6-3-11)16(18)19;1-11(2,3)10-6-4-9(8-12)5-7-10;1-14-7-3-6(9(12)13)2-5(4-10)8(7)11;9-5-7-3-1-2-4-8(7)6-10;9-4-6-2-1-3-7-8(6)11-5-10-7;1-2-6-3-4-7(5-8)9-6/h2-9H,10H2,1H3;4-8H,1-3H3;2-4,11H,1H3;1-4,6H;1-4H,5H2;3-5H,2H2,1H3. The number of hydrogen-bond donors (Lipinski definition) is 1. The normalized spacial score (nSPS) is 10.2. The molecule has 1 aromatic heterocycles. The molecule has 0 fully saturated rings. The summed E-state index contributed by atoms with van der Waals surface area (Å²) >= 11 is 0. The van der Waals surface area contributed by atoms with Gasteiger partial charge in [0.25, 0.3) is 11.4 Å². The van der Waals surface area contributed by atoms with Crippen molar-refractivity contribution in [3.05, 3.63) is 210 Å². The van der Waals surface area contributed by atoms with Crippen molar-refractivity contribution in [2.75, 3.05) is 21.0 Å². The highest BCUT2D eigenvalue weighted by molar-refractivity contribution is 5.83. The first-order valence-corrected chi connectivity index (χ1v) is 22.8. The van der Waals surface area contributed by atoms with Crippen LogP contribution in [0.4, 0.5) is 11.4 Å². The third-order valence-electron chi connectivity index (χ3n) is 10.3. The molecule has 7 aromatic rings. The second-order valence-corrected chi connectivity index (χ2v) is 16.5. The molecule has 1 N–H and O–H groups in total. The van der Waals surface area contributed by atoms with Crippen molar-refractivity contribution in [1.82, 2.24) is 0 Å². The highest BCUT2D eigenvalue weighted by Gasteiger charge is 2.17. The lowest BCUT2D eigenvalue weighted by molar-refractivity contribution is -0.385. The second kappa shape index (κ2) is 31.3. The number of carbonyl (C=O) groups excluding carboxylic acids is 6. The van der Waals surface area contributed by atoms with Gasteiger partial charge in [0.15, 0.2) is 65.4 Å². The van der Waals surface area contributed by atoms with Crippen molar-refractivity contribution < 1.29 is 71.8 Å². The summed E-state index contributed by atoms with van der Waals surface area (Å²) in [7, 11) is 2.73. The number of aldehydes is 6. The predicted octanol–water partition coefficient (Wildman–Crippen LogP) is 11.2. The zero-order valence-corrected chi connectivity index (χ0v) is 42.6. The van der Waals surface area contributed by atoms with E-state index in [4.69, 9.17) is 28.6 Å². The van der Waals surface area contributed by atoms with Gasteiger partial charge in [-0.3, -0.25) is 49.0 Å². The number of hydrogen-bond acceptors (Lipinski definition) is 18. The van der Waals surface area contributed by atoms with Crippen molar-refractivity contribution in [2.24, 2.45) is 0 Å². The minimum absolute atomic E-state index is 0.0340. The van der Waals surface area contributed by atoms with Gasteiger partial charge in [-0.15, -0.1) is 0 Å². The molecule has 0 spiro atoms. The number of phenols is 1. The van der Waals surface area contributed by atoms with Crippen molar-refractivity contribution in [2.45, 2.75) is 46.1 Å². The fourth-order valence-corrected chi connectivity index (χ4v) is 6.17. The number of phenolic OH excluding ortho intramolecular Hbond substituents is 1. The van der Waals surface area contributed by atoms with Gasteiger partial charge < -0.3 is 33.2 Å². The number of rotatable bonds is 14. The number of nitrogens with zero attached hydrogens (tertiary/aromatic N) is 3. The Labute approximate surface area is 442 Å². The molecular weight excluding hydrogens is 999 g/mol. The van der Waals surface area contributed by atoms with Gasteiger partial charge in [0.05, 0.1) is 52.9 Å². The smallest absolute Gasteiger partial charge is 0.274 e. The van der Waals surface area contributed by atoms with E-state index >= 15 is 0 Å². The second-order valence-electron chi connectivity index (χ2n) is 16.5. The lowest BCUT2D eigenvalue weighted by Gasteiger charge is -2.18. The monoisotopic (exact) mass is 1050 g/mol. The number of fused-ring (bicyclic) bond motifs is 1. The first kappa shape index (κ1) is 61.0. The maximum absolute atomic E-state index is 10.7. The molecule has 0 amide bonds. The first-order chi connectivity index (χ1) is 36.9. The van der Waals surface area contributed by atoms with Crippen LogP contribution in [-0.2, 0) is 18.4 Å². The number of para-hydroxylation sites is 1. The maximum atomic E-state index is 10.7. The summed E-state index contributed by atoms with van der Waals surface area (Å²) in [5.41, 5.74) is 4.43. The number of ether oxygens (including phenoxy) is 5. The van der Waals surface area contributed by atoms with E-state index in [0.717, 1.165) is 54.3 Å². The molecule has 398 valence electrons. The fourth-order valence-electron chi connectivity index (χ4n) is 6.17. The SMILES string of the molecule is CC(C)(C)c1ccc(C=O)cc1.CCc1ccc(C=O)o1.COc1cc(C=O)ccc1OCc1ccc([N+](=O)[O-])cc1.COc1cc([N+](=O)[O-])cc(C=O)c1O.N#Cc1ccccc1C=O.O=Cc1cccc2c1OCO2. The Balaban J connectivity index is 0.000000249. The average Bonchev–Trinajstić information content (AvgIpc) is 4.16. The van der Waals surface area contributed by atoms with E-state index < -0.39 is 15.6 Å². The largest absolute Gasteiger partial charge is 0.504 e. The number of carbonyl (C=O) groups is 6. The van der Waals surface area contributed by atoms with Crippen LogP contribution in [0.3, 0.4) is 0 Å². The van der Waals surface area contributed by atoms with Crippen molar-refractivity contribution in [3.63, 3.8) is 0 Å². The van der Waals surface area contributed by atoms with E-state index in [2.05, 4.69) is 25.5 Å². The van der Waals surface area contributed by atoms with Gasteiger partial charge in [-0.1, -0.05) is 76.2 Å². The third kappa shape index (κ3) is 19.2. The van der Waals surface area contributed by atoms with Gasteiger partial charge in [-0.25, -0.2) is 0 Å². The lowest BCUT2D eigenvalue weighted by atomic mass is 9.87. The Hall–Kier alpha value is -10.3. The van der Waals surface area contributed by atoms with Crippen molar-refractivity contribution >= 4 is 49.1 Å². The zero-order chi connectivity index (χ0) is 56.9. The first-order valence-electron chi connectivity index (χ1n) is 22.8. The van der Waals surface area contributed by atoms with Crippen LogP contribution < -0.4 is 23.7 Å². The number of aryl methyl sites for hydroxylation is 1. The summed E-state index contributed by atoms with van der Waals surface area (Å²) in [6, 6.07) is 38.0. The molecular formula is C57H53N3O17. The topological polar surface area (TPSA) is 292 Å². The zero-order valence-electron chi connectivity index (χ0n) is 42.6. The molecule has 8 rings (SSSR count). The molecule has 0 unspecified atom stereocenters. The van der Waals surface area contributed by atoms with E-state index in [9.17, 15) is 54.1 Å². The average molecular weight is 1050 g/mol. The summed E-state index contributed by atoms with van der Waals surface area (Å²) < 4.78 is 30.6. The molecule has 2 heterocycles. The van der Waals surface area contributed by atoms with Crippen LogP contribution in [0.1, 0.15) is 112 Å². The molecule has 0 atom stereocenters. The van der Waals surface area contributed by atoms with E-state index in [-0.39, 0.29) is 41.5 Å². The van der Waals surface area contributed by atoms with Gasteiger partial charge in [-0.05, 0) is 77.2 Å². The van der Waals surface area contributed by atoms with Gasteiger partial charge in [0.2, 0.25) is 6.79 Å². The summed E-state index contributed by atoms with van der Waals surface area (Å²) in [6.07, 6.45) is 4.90. The number of nitro groups is 2. The Kier molecular flexibility index (Phi) is 24.8. The summed E-state index contributed by atoms with van der Waals surface area (Å²) in [4.78, 5) is 82.0. The summed E-state index contributed by atoms with van der Waals surface area (Å²) in [5, 5.41) is 38.7. The molecule has 0 saturated heterocycles. The van der Waals surface area contributed by atoms with Gasteiger partial charge >= 0.3 is 0 Å². The van der Waals surface area contributed by atoms with Crippen LogP contribution in [0, 0.1) is 31.6 Å². The van der Waals surface area contributed by atoms with Crippen LogP contribution in [0.5, 0.6) is 34.5 Å². The van der Waals surface area contributed by atoms with E-state index in [1.165, 1.54) is 31.9 Å². The number of methoxy groups -OCH3 is 2. The predicted molar refractivity (Wildman–Crippen MR) is 281 cm³/mol. The van der Waals surface area contributed by atoms with Crippen LogP contribution in [-0.4, -0.2) is 73.7 Å². The maximum Gasteiger partial charge on any atom is 0.274 e. The molecule has 1 aliphatic rings. The molecule has 0 radical (unpaired) electrons. The number of benzene rings is 6. The molecule has 20 nitrogen and oxygen atoms in total. The third-order valence-corrected chi connectivity index (χ3v) is 10.3. The fraction of sp³-hybridized carbons (Fsp3) is 0.175. The number of aromatic hydroxyl groups is 1. The van der Waals surface area contributed by atoms with Gasteiger partial charge in [0.1, 0.15) is 24.9 Å². The lowest BCUT2D eigenvalue weighted by Crippen LogP contribution is -2.10. The number of non-ortho nitro benzene ring substituents is 2. The molecule has 1 aliphatic heterocycles. The highest BCUT2D eigenvalue weighted by atomic mass is 16.7. The van der Waals surface area contributed by atoms with Crippen LogP contribution in [0.25, 0.3) is 0 Å². The Morgan fingerprint density at radius 3 is 1.75 bits per heavy atom. The number of nitro benzene ring substituents is 2.